The zero-order valence-electron chi connectivity index (χ0n) is 12.2. The van der Waals surface area contributed by atoms with Crippen LogP contribution in [0.4, 0.5) is 0 Å². The van der Waals surface area contributed by atoms with Crippen LogP contribution in [-0.4, -0.2) is 12.1 Å². The molecule has 1 aliphatic rings. The predicted octanol–water partition coefficient (Wildman–Crippen LogP) is 4.45. The highest BCUT2D eigenvalue weighted by molar-refractivity contribution is 5.90. The van der Waals surface area contributed by atoms with Crippen LogP contribution < -0.4 is 4.74 Å². The van der Waals surface area contributed by atoms with E-state index in [2.05, 4.69) is 53.5 Å². The van der Waals surface area contributed by atoms with Crippen LogP contribution in [-0.2, 0) is 12.8 Å². The molecule has 0 radical (unpaired) electrons. The fourth-order valence-corrected chi connectivity index (χ4v) is 3.62. The topological polar surface area (TPSA) is 25.0 Å². The number of ether oxygens (including phenoxy) is 1. The minimum absolute atomic E-state index is 0.614. The van der Waals surface area contributed by atoms with Crippen molar-refractivity contribution in [3.8, 4) is 5.75 Å². The van der Waals surface area contributed by atoms with Gasteiger partial charge in [0.2, 0.25) is 0 Å². The van der Waals surface area contributed by atoms with Gasteiger partial charge in [-0.05, 0) is 48.4 Å². The Morgan fingerprint density at radius 3 is 2.71 bits per heavy atom. The van der Waals surface area contributed by atoms with Gasteiger partial charge >= 0.3 is 0 Å². The summed E-state index contributed by atoms with van der Waals surface area (Å²) in [5, 5.41) is 1.27. The molecule has 0 amide bonds. The van der Waals surface area contributed by atoms with Crippen LogP contribution in [0.1, 0.15) is 29.2 Å². The molecule has 0 saturated heterocycles. The Morgan fingerprint density at radius 2 is 1.90 bits per heavy atom. The molecule has 106 valence electrons. The van der Waals surface area contributed by atoms with Crippen LogP contribution in [0, 0.1) is 0 Å². The van der Waals surface area contributed by atoms with E-state index in [1.54, 1.807) is 7.11 Å². The molecule has 0 aliphatic heterocycles. The highest BCUT2D eigenvalue weighted by atomic mass is 16.5. The monoisotopic (exact) mass is 277 g/mol. The Hall–Kier alpha value is -2.22. The molecule has 1 aliphatic carbocycles. The average Bonchev–Trinajstić information content (AvgIpc) is 2.93. The van der Waals surface area contributed by atoms with E-state index in [4.69, 9.17) is 4.74 Å². The summed E-state index contributed by atoms with van der Waals surface area (Å²) in [6.07, 6.45) is 3.43. The number of rotatable bonds is 2. The number of aromatic amines is 1. The Bertz CT molecular complexity index is 773. The first-order valence-electron chi connectivity index (χ1n) is 7.58. The van der Waals surface area contributed by atoms with Crippen molar-refractivity contribution >= 4 is 10.9 Å². The van der Waals surface area contributed by atoms with Crippen molar-refractivity contribution in [3.05, 3.63) is 65.4 Å². The lowest BCUT2D eigenvalue weighted by Gasteiger charge is -2.23. The second-order valence-electron chi connectivity index (χ2n) is 5.82. The first-order chi connectivity index (χ1) is 10.4. The number of aryl methyl sites for hydroxylation is 1. The molecule has 0 spiro atoms. The van der Waals surface area contributed by atoms with Crippen LogP contribution in [0.3, 0.4) is 0 Å². The van der Waals surface area contributed by atoms with Gasteiger partial charge in [0.15, 0.2) is 0 Å². The highest BCUT2D eigenvalue weighted by Gasteiger charge is 2.24. The number of hydrogen-bond acceptors (Lipinski definition) is 1. The van der Waals surface area contributed by atoms with E-state index < -0.39 is 0 Å². The Labute approximate surface area is 124 Å². The summed E-state index contributed by atoms with van der Waals surface area (Å²) in [6, 6.07) is 17.1. The average molecular weight is 277 g/mol. The number of hydrogen-bond donors (Lipinski definition) is 1. The maximum Gasteiger partial charge on any atom is 0.128 e. The van der Waals surface area contributed by atoms with E-state index in [0.29, 0.717) is 5.92 Å². The zero-order valence-corrected chi connectivity index (χ0v) is 12.2. The van der Waals surface area contributed by atoms with Gasteiger partial charge in [0, 0.05) is 16.6 Å². The summed E-state index contributed by atoms with van der Waals surface area (Å²) in [6.45, 7) is 0. The Kier molecular flexibility index (Phi) is 2.95. The molecule has 4 rings (SSSR count). The molecule has 0 fully saturated rings. The quantitative estimate of drug-likeness (QED) is 0.735. The molecular formula is C19H19NO. The second-order valence-corrected chi connectivity index (χ2v) is 5.82. The van der Waals surface area contributed by atoms with Crippen molar-refractivity contribution in [2.75, 3.05) is 7.11 Å². The molecule has 2 nitrogen and oxygen atoms in total. The SMILES string of the molecule is COc1cccc2[nH]c3c(c12)CC(c1ccccc1)CC3. The van der Waals surface area contributed by atoms with E-state index in [-0.39, 0.29) is 0 Å². The number of methoxy groups -OCH3 is 1. The van der Waals surface area contributed by atoms with Gasteiger partial charge < -0.3 is 9.72 Å². The van der Waals surface area contributed by atoms with Crippen LogP contribution in [0.15, 0.2) is 48.5 Å². The fourth-order valence-electron chi connectivity index (χ4n) is 3.62. The summed E-state index contributed by atoms with van der Waals surface area (Å²) in [7, 11) is 1.76. The third-order valence-electron chi connectivity index (χ3n) is 4.66. The van der Waals surface area contributed by atoms with E-state index >= 15 is 0 Å². The summed E-state index contributed by atoms with van der Waals surface area (Å²) >= 11 is 0. The van der Waals surface area contributed by atoms with Crippen LogP contribution in [0.25, 0.3) is 10.9 Å². The molecule has 3 aromatic rings. The number of fused-ring (bicyclic) bond motifs is 3. The number of H-pyrrole nitrogens is 1. The largest absolute Gasteiger partial charge is 0.496 e. The summed E-state index contributed by atoms with van der Waals surface area (Å²) in [4.78, 5) is 3.58. The Morgan fingerprint density at radius 1 is 1.05 bits per heavy atom. The molecule has 2 heteroatoms. The predicted molar refractivity (Wildman–Crippen MR) is 86.1 cm³/mol. The summed E-state index contributed by atoms with van der Waals surface area (Å²) in [5.41, 5.74) is 5.49. The van der Waals surface area contributed by atoms with E-state index in [1.165, 1.54) is 34.1 Å². The lowest BCUT2D eigenvalue weighted by molar-refractivity contribution is 0.419. The molecule has 1 aromatic heterocycles. The second kappa shape index (κ2) is 4.96. The molecule has 1 unspecified atom stereocenters. The van der Waals surface area contributed by atoms with Gasteiger partial charge in [0.1, 0.15) is 5.75 Å². The maximum absolute atomic E-state index is 5.57. The molecule has 1 heterocycles. The lowest BCUT2D eigenvalue weighted by Crippen LogP contribution is -2.12. The van der Waals surface area contributed by atoms with Gasteiger partial charge in [-0.3, -0.25) is 0 Å². The minimum Gasteiger partial charge on any atom is -0.496 e. The van der Waals surface area contributed by atoms with Gasteiger partial charge in [-0.25, -0.2) is 0 Å². The van der Waals surface area contributed by atoms with E-state index in [1.807, 2.05) is 0 Å². The van der Waals surface area contributed by atoms with Crippen molar-refractivity contribution in [1.29, 1.82) is 0 Å². The van der Waals surface area contributed by atoms with Crippen molar-refractivity contribution in [2.24, 2.45) is 0 Å². The van der Waals surface area contributed by atoms with Gasteiger partial charge in [-0.15, -0.1) is 0 Å². The zero-order chi connectivity index (χ0) is 14.2. The molecule has 2 aromatic carbocycles. The lowest BCUT2D eigenvalue weighted by atomic mass is 9.82. The van der Waals surface area contributed by atoms with Gasteiger partial charge in [0.25, 0.3) is 0 Å². The highest BCUT2D eigenvalue weighted by Crippen LogP contribution is 2.39. The van der Waals surface area contributed by atoms with Crippen LogP contribution >= 0.6 is 0 Å². The van der Waals surface area contributed by atoms with Crippen LogP contribution in [0.2, 0.25) is 0 Å². The molecule has 21 heavy (non-hydrogen) atoms. The minimum atomic E-state index is 0.614. The molecule has 1 N–H and O–H groups in total. The third kappa shape index (κ3) is 2.02. The Balaban J connectivity index is 1.81. The molecule has 0 saturated carbocycles. The number of nitrogens with one attached hydrogen (secondary N) is 1. The molecule has 1 atom stereocenters. The molecular weight excluding hydrogens is 258 g/mol. The van der Waals surface area contributed by atoms with E-state index in [0.717, 1.165) is 18.6 Å². The van der Waals surface area contributed by atoms with E-state index in [9.17, 15) is 0 Å². The van der Waals surface area contributed by atoms with Gasteiger partial charge in [-0.1, -0.05) is 36.4 Å². The molecule has 0 bridgehead atoms. The van der Waals surface area contributed by atoms with Crippen LogP contribution in [0.5, 0.6) is 5.75 Å². The summed E-state index contributed by atoms with van der Waals surface area (Å²) < 4.78 is 5.57. The first kappa shape index (κ1) is 12.5. The van der Waals surface area contributed by atoms with Crippen molar-refractivity contribution < 1.29 is 4.74 Å². The van der Waals surface area contributed by atoms with Crippen molar-refractivity contribution in [2.45, 2.75) is 25.2 Å². The van der Waals surface area contributed by atoms with Crippen molar-refractivity contribution in [3.63, 3.8) is 0 Å². The third-order valence-corrected chi connectivity index (χ3v) is 4.66. The maximum atomic E-state index is 5.57. The standard InChI is InChI=1S/C19H19NO/c1-21-18-9-5-8-17-19(18)15-12-14(10-11-16(15)20-17)13-6-3-2-4-7-13/h2-9,14,20H,10-12H2,1H3. The van der Waals surface area contributed by atoms with Gasteiger partial charge in [0.05, 0.1) is 7.11 Å². The number of aromatic nitrogens is 1. The normalized spacial score (nSPS) is 17.7. The fraction of sp³-hybridized carbons (Fsp3) is 0.263. The smallest absolute Gasteiger partial charge is 0.128 e. The summed E-state index contributed by atoms with van der Waals surface area (Å²) in [5.74, 6) is 1.60. The number of benzene rings is 2. The van der Waals surface area contributed by atoms with Gasteiger partial charge in [-0.2, -0.15) is 0 Å². The van der Waals surface area contributed by atoms with Crippen molar-refractivity contribution in [1.82, 2.24) is 4.98 Å². The first-order valence-corrected chi connectivity index (χ1v) is 7.58.